The first kappa shape index (κ1) is 19.1. The van der Waals surface area contributed by atoms with E-state index in [1.165, 1.54) is 11.1 Å². The molecule has 0 radical (unpaired) electrons. The highest BCUT2D eigenvalue weighted by atomic mass is 16.3. The molecule has 3 aromatic rings. The van der Waals surface area contributed by atoms with Gasteiger partial charge in [0.25, 0.3) is 6.47 Å². The van der Waals surface area contributed by atoms with Gasteiger partial charge in [-0.3, -0.25) is 9.59 Å². The van der Waals surface area contributed by atoms with Crippen molar-refractivity contribution in [1.82, 2.24) is 4.68 Å². The van der Waals surface area contributed by atoms with Crippen molar-refractivity contribution in [2.45, 2.75) is 26.8 Å². The Morgan fingerprint density at radius 1 is 1.04 bits per heavy atom. The fourth-order valence-electron chi connectivity index (χ4n) is 2.88. The molecule has 0 bridgehead atoms. The maximum absolute atomic E-state index is 12.5. The van der Waals surface area contributed by atoms with E-state index in [1.54, 1.807) is 0 Å². The van der Waals surface area contributed by atoms with Gasteiger partial charge in [0.15, 0.2) is 6.20 Å². The van der Waals surface area contributed by atoms with Crippen LogP contribution in [0.3, 0.4) is 0 Å². The Labute approximate surface area is 153 Å². The molecule has 0 amide bonds. The lowest BCUT2D eigenvalue weighted by molar-refractivity contribution is -0.755. The average molecular weight is 351 g/mol. The normalized spacial score (nSPS) is 9.92. The summed E-state index contributed by atoms with van der Waals surface area (Å²) in [5.41, 5.74) is 4.57. The molecule has 0 aliphatic heterocycles. The number of para-hydroxylation sites is 1. The number of carbonyl (C=O) groups is 2. The Bertz CT molecular complexity index is 850. The number of rotatable bonds is 5. The van der Waals surface area contributed by atoms with Crippen molar-refractivity contribution >= 4 is 12.3 Å². The number of aromatic nitrogens is 2. The van der Waals surface area contributed by atoms with E-state index in [9.17, 15) is 4.79 Å². The molecular formula is C21H23N2O3+. The van der Waals surface area contributed by atoms with Crippen LogP contribution < -0.4 is 4.68 Å². The number of carboxylic acid groups (broad SMARTS) is 1. The summed E-state index contributed by atoms with van der Waals surface area (Å²) < 4.78 is 3.95. The second kappa shape index (κ2) is 9.32. The van der Waals surface area contributed by atoms with E-state index in [1.807, 2.05) is 64.2 Å². The summed E-state index contributed by atoms with van der Waals surface area (Å²) in [6, 6.07) is 18.2. The van der Waals surface area contributed by atoms with E-state index in [-0.39, 0.29) is 12.3 Å². The second-order valence-electron chi connectivity index (χ2n) is 5.96. The summed E-state index contributed by atoms with van der Waals surface area (Å²) in [5.74, 6) is 0.211. The van der Waals surface area contributed by atoms with Gasteiger partial charge in [-0.25, -0.2) is 0 Å². The van der Waals surface area contributed by atoms with Gasteiger partial charge in [0.05, 0.1) is 6.20 Å². The first-order valence-electron chi connectivity index (χ1n) is 8.34. The molecule has 5 heteroatoms. The minimum Gasteiger partial charge on any atom is -0.483 e. The van der Waals surface area contributed by atoms with Gasteiger partial charge in [0.1, 0.15) is 5.69 Å². The van der Waals surface area contributed by atoms with Crippen LogP contribution in [0.15, 0.2) is 67.0 Å². The van der Waals surface area contributed by atoms with E-state index in [0.29, 0.717) is 13.0 Å². The Morgan fingerprint density at radius 3 is 2.27 bits per heavy atom. The Morgan fingerprint density at radius 2 is 1.65 bits per heavy atom. The quantitative estimate of drug-likeness (QED) is 0.568. The van der Waals surface area contributed by atoms with Crippen molar-refractivity contribution in [2.24, 2.45) is 0 Å². The maximum Gasteiger partial charge on any atom is 0.290 e. The number of benzene rings is 2. The van der Waals surface area contributed by atoms with Crippen LogP contribution in [-0.4, -0.2) is 22.0 Å². The molecule has 5 nitrogen and oxygen atoms in total. The highest BCUT2D eigenvalue weighted by molar-refractivity contribution is 5.80. The van der Waals surface area contributed by atoms with Gasteiger partial charge in [-0.2, -0.15) is 0 Å². The lowest BCUT2D eigenvalue weighted by atomic mass is 9.98. The van der Waals surface area contributed by atoms with Crippen LogP contribution in [0.2, 0.25) is 0 Å². The molecule has 0 aliphatic carbocycles. The number of ketones is 1. The molecule has 1 heterocycles. The molecule has 0 fully saturated rings. The standard InChI is InChI=1S/C20H21N2O.CH2O2/c1-16-8-6-9-17(2)20(16)14-19(23)15-21-12-7-13-22(21)18-10-4-3-5-11-18;2-1-3/h3-13H,14-15H2,1-2H3;1H,(H,2,3)/q+1;. The molecule has 0 atom stereocenters. The Hall–Kier alpha value is -3.21. The minimum absolute atomic E-state index is 0.211. The SMILES string of the molecule is Cc1cccc(C)c1CC(=O)C[n+]1cccn1-c1ccccc1.O=CO. The predicted octanol–water partition coefficient (Wildman–Crippen LogP) is 2.89. The molecule has 26 heavy (non-hydrogen) atoms. The summed E-state index contributed by atoms with van der Waals surface area (Å²) in [5, 5.41) is 6.89. The van der Waals surface area contributed by atoms with Crippen LogP contribution in [-0.2, 0) is 22.6 Å². The van der Waals surface area contributed by atoms with Crippen LogP contribution in [0, 0.1) is 13.8 Å². The molecule has 1 N–H and O–H groups in total. The molecule has 1 aromatic heterocycles. The van der Waals surface area contributed by atoms with E-state index in [2.05, 4.69) is 26.0 Å². The predicted molar refractivity (Wildman–Crippen MR) is 99.3 cm³/mol. The van der Waals surface area contributed by atoms with Crippen molar-refractivity contribution < 1.29 is 19.4 Å². The summed E-state index contributed by atoms with van der Waals surface area (Å²) in [7, 11) is 0. The summed E-state index contributed by atoms with van der Waals surface area (Å²) in [6.07, 6.45) is 4.39. The third kappa shape index (κ3) is 4.89. The minimum atomic E-state index is -0.250. The number of aryl methyl sites for hydroxylation is 2. The first-order valence-corrected chi connectivity index (χ1v) is 8.34. The van der Waals surface area contributed by atoms with Gasteiger partial charge in [-0.15, -0.1) is 9.36 Å². The topological polar surface area (TPSA) is 63.2 Å². The fraction of sp³-hybridized carbons (Fsp3) is 0.190. The highest BCUT2D eigenvalue weighted by Gasteiger charge is 2.17. The zero-order valence-electron chi connectivity index (χ0n) is 15.0. The van der Waals surface area contributed by atoms with E-state index in [4.69, 9.17) is 9.90 Å². The number of hydrogen-bond donors (Lipinski definition) is 1. The van der Waals surface area contributed by atoms with Crippen molar-refractivity contribution in [1.29, 1.82) is 0 Å². The molecule has 0 unspecified atom stereocenters. The van der Waals surface area contributed by atoms with Gasteiger partial charge in [-0.05, 0) is 42.7 Å². The zero-order chi connectivity index (χ0) is 18.9. The summed E-state index contributed by atoms with van der Waals surface area (Å²) >= 11 is 0. The van der Waals surface area contributed by atoms with Crippen molar-refractivity contribution in [3.63, 3.8) is 0 Å². The zero-order valence-corrected chi connectivity index (χ0v) is 15.0. The smallest absolute Gasteiger partial charge is 0.290 e. The van der Waals surface area contributed by atoms with Crippen LogP contribution in [0.5, 0.6) is 0 Å². The van der Waals surface area contributed by atoms with Gasteiger partial charge >= 0.3 is 0 Å². The lowest BCUT2D eigenvalue weighted by Gasteiger charge is -2.08. The Balaban J connectivity index is 0.000000758. The highest BCUT2D eigenvalue weighted by Crippen LogP contribution is 2.14. The van der Waals surface area contributed by atoms with Gasteiger partial charge in [0.2, 0.25) is 12.3 Å². The molecule has 3 rings (SSSR count). The van der Waals surface area contributed by atoms with Crippen molar-refractivity contribution in [3.05, 3.63) is 83.7 Å². The summed E-state index contributed by atoms with van der Waals surface area (Å²) in [4.78, 5) is 20.9. The molecule has 0 saturated heterocycles. The molecule has 0 aliphatic rings. The van der Waals surface area contributed by atoms with E-state index >= 15 is 0 Å². The van der Waals surface area contributed by atoms with Crippen molar-refractivity contribution in [2.75, 3.05) is 0 Å². The maximum atomic E-state index is 12.5. The monoisotopic (exact) mass is 351 g/mol. The third-order valence-electron chi connectivity index (χ3n) is 4.14. The van der Waals surface area contributed by atoms with Crippen LogP contribution in [0.4, 0.5) is 0 Å². The second-order valence-corrected chi connectivity index (χ2v) is 5.96. The van der Waals surface area contributed by atoms with Crippen LogP contribution >= 0.6 is 0 Å². The first-order chi connectivity index (χ1) is 12.6. The molecule has 0 spiro atoms. The average Bonchev–Trinajstić information content (AvgIpc) is 3.08. The number of hydrogen-bond acceptors (Lipinski definition) is 2. The van der Waals surface area contributed by atoms with E-state index < -0.39 is 0 Å². The van der Waals surface area contributed by atoms with Crippen LogP contribution in [0.25, 0.3) is 5.69 Å². The number of carbonyl (C=O) groups excluding carboxylic acids is 1. The molecule has 2 aromatic carbocycles. The largest absolute Gasteiger partial charge is 0.483 e. The number of nitrogens with zero attached hydrogens (tertiary/aromatic N) is 2. The summed E-state index contributed by atoms with van der Waals surface area (Å²) in [6.45, 7) is 4.25. The third-order valence-corrected chi connectivity index (χ3v) is 4.14. The fourth-order valence-corrected chi connectivity index (χ4v) is 2.88. The lowest BCUT2D eigenvalue weighted by Crippen LogP contribution is -2.45. The molecule has 0 saturated carbocycles. The molecule has 134 valence electrons. The van der Waals surface area contributed by atoms with Crippen molar-refractivity contribution in [3.8, 4) is 5.69 Å². The number of Topliss-reactive ketones (excluding diaryl/α,β-unsaturated/α-hetero) is 1. The Kier molecular flexibility index (Phi) is 6.85. The van der Waals surface area contributed by atoms with Crippen LogP contribution in [0.1, 0.15) is 16.7 Å². The van der Waals surface area contributed by atoms with Gasteiger partial charge in [-0.1, -0.05) is 36.4 Å². The van der Waals surface area contributed by atoms with E-state index in [0.717, 1.165) is 11.3 Å². The molecular weight excluding hydrogens is 328 g/mol. The van der Waals surface area contributed by atoms with Gasteiger partial charge < -0.3 is 5.11 Å². The van der Waals surface area contributed by atoms with Gasteiger partial charge in [0, 0.05) is 12.5 Å².